The van der Waals surface area contributed by atoms with E-state index in [1.807, 2.05) is 30.3 Å². The van der Waals surface area contributed by atoms with Gasteiger partial charge in [0.2, 0.25) is 5.76 Å². The predicted octanol–water partition coefficient (Wildman–Crippen LogP) is 3.24. The summed E-state index contributed by atoms with van der Waals surface area (Å²) in [5, 5.41) is 9.54. The third-order valence-corrected chi connectivity index (χ3v) is 3.42. The minimum Gasteiger partial charge on any atom is -0.508 e. The van der Waals surface area contributed by atoms with Gasteiger partial charge >= 0.3 is 5.97 Å². The van der Waals surface area contributed by atoms with Crippen LogP contribution >= 0.6 is 0 Å². The quantitative estimate of drug-likeness (QED) is 0.383. The van der Waals surface area contributed by atoms with E-state index in [1.165, 1.54) is 0 Å². The number of hydrogen-bond donors (Lipinski definition) is 2. The van der Waals surface area contributed by atoms with E-state index in [4.69, 9.17) is 10.6 Å². The van der Waals surface area contributed by atoms with Crippen molar-refractivity contribution in [2.45, 2.75) is 13.8 Å². The molecule has 0 aromatic heterocycles. The number of allylic oxidation sites excluding steroid dienone is 1. The van der Waals surface area contributed by atoms with E-state index < -0.39 is 5.97 Å². The number of aromatic hydroxyl groups is 1. The van der Waals surface area contributed by atoms with E-state index in [0.717, 1.165) is 16.7 Å². The second kappa shape index (κ2) is 7.47. The van der Waals surface area contributed by atoms with Crippen LogP contribution in [0.4, 0.5) is 0 Å². The first-order chi connectivity index (χ1) is 11.1. The Morgan fingerprint density at radius 1 is 1.13 bits per heavy atom. The number of esters is 1. The molecule has 23 heavy (non-hydrogen) atoms. The number of carbonyl (C=O) groups is 1. The minimum absolute atomic E-state index is 0.0167. The van der Waals surface area contributed by atoms with Crippen LogP contribution in [0, 0.1) is 0 Å². The van der Waals surface area contributed by atoms with Crippen molar-refractivity contribution in [2.75, 3.05) is 6.61 Å². The normalized spacial score (nSPS) is 11.6. The number of phenols is 1. The first-order valence-electron chi connectivity index (χ1n) is 7.21. The van der Waals surface area contributed by atoms with Gasteiger partial charge in [0.1, 0.15) is 5.75 Å². The molecule has 0 aliphatic carbocycles. The van der Waals surface area contributed by atoms with Gasteiger partial charge in [-0.15, -0.1) is 0 Å². The number of carbonyl (C=O) groups excluding carboxylic acids is 1. The highest BCUT2D eigenvalue weighted by atomic mass is 16.6. The molecule has 0 saturated carbocycles. The second-order valence-electron chi connectivity index (χ2n) is 4.92. The highest BCUT2D eigenvalue weighted by Gasteiger charge is 2.17. The van der Waals surface area contributed by atoms with E-state index in [1.54, 1.807) is 32.0 Å². The Bertz CT molecular complexity index is 720. The monoisotopic (exact) mass is 313 g/mol. The van der Waals surface area contributed by atoms with Gasteiger partial charge in [0.25, 0.3) is 0 Å². The Morgan fingerprint density at radius 2 is 1.83 bits per heavy atom. The molecular formula is C18H19NO4. The van der Waals surface area contributed by atoms with Crippen LogP contribution in [0.1, 0.15) is 19.4 Å². The van der Waals surface area contributed by atoms with Crippen LogP contribution in [0.25, 0.3) is 16.7 Å². The molecule has 5 heteroatoms. The van der Waals surface area contributed by atoms with E-state index in [0.29, 0.717) is 5.57 Å². The lowest BCUT2D eigenvalue weighted by atomic mass is 10.0. The summed E-state index contributed by atoms with van der Waals surface area (Å²) in [5.41, 5.74) is 3.23. The van der Waals surface area contributed by atoms with E-state index in [-0.39, 0.29) is 18.1 Å². The smallest absolute Gasteiger partial charge is 0.376 e. The third kappa shape index (κ3) is 3.90. The highest BCUT2D eigenvalue weighted by molar-refractivity contribution is 5.95. The van der Waals surface area contributed by atoms with Gasteiger partial charge in [0.15, 0.2) is 0 Å². The molecule has 0 amide bonds. The molecule has 0 bridgehead atoms. The summed E-state index contributed by atoms with van der Waals surface area (Å²) < 4.78 is 4.91. The Labute approximate surface area is 134 Å². The molecule has 3 N–H and O–H groups in total. The van der Waals surface area contributed by atoms with E-state index in [2.05, 4.69) is 4.84 Å². The van der Waals surface area contributed by atoms with Crippen molar-refractivity contribution in [2.24, 2.45) is 5.90 Å². The molecule has 2 rings (SSSR count). The SMILES string of the molecule is CCOC(=O)C(ON)=C(C)c1ccc(-c2cccc(O)c2)cc1. The van der Waals surface area contributed by atoms with Crippen LogP contribution in [0.3, 0.4) is 0 Å². The molecule has 2 aromatic rings. The Hall–Kier alpha value is -2.79. The number of rotatable bonds is 5. The van der Waals surface area contributed by atoms with Crippen LogP contribution in [0.5, 0.6) is 5.75 Å². The first-order valence-corrected chi connectivity index (χ1v) is 7.21. The summed E-state index contributed by atoms with van der Waals surface area (Å²) in [6, 6.07) is 14.5. The summed E-state index contributed by atoms with van der Waals surface area (Å²) in [7, 11) is 0. The summed E-state index contributed by atoms with van der Waals surface area (Å²) in [6.07, 6.45) is 0. The molecule has 0 aliphatic heterocycles. The van der Waals surface area contributed by atoms with Gasteiger partial charge in [-0.1, -0.05) is 36.4 Å². The van der Waals surface area contributed by atoms with Crippen molar-refractivity contribution in [3.63, 3.8) is 0 Å². The Kier molecular flexibility index (Phi) is 5.38. The minimum atomic E-state index is -0.593. The van der Waals surface area contributed by atoms with Gasteiger partial charge in [0.05, 0.1) is 6.61 Å². The van der Waals surface area contributed by atoms with E-state index >= 15 is 0 Å². The lowest BCUT2D eigenvalue weighted by Crippen LogP contribution is -2.15. The standard InChI is InChI=1S/C18H19NO4/c1-3-22-18(21)17(23-19)12(2)13-7-9-14(10-8-13)15-5-4-6-16(20)11-15/h4-11,20H,3,19H2,1-2H3. The van der Waals surface area contributed by atoms with Gasteiger partial charge in [0, 0.05) is 5.57 Å². The van der Waals surface area contributed by atoms with Gasteiger partial charge in [-0.25, -0.2) is 4.79 Å². The fraction of sp³-hybridized carbons (Fsp3) is 0.167. The Morgan fingerprint density at radius 3 is 2.39 bits per heavy atom. The number of ether oxygens (including phenoxy) is 1. The average Bonchev–Trinajstić information content (AvgIpc) is 2.56. The number of hydrogen-bond acceptors (Lipinski definition) is 5. The van der Waals surface area contributed by atoms with E-state index in [9.17, 15) is 9.90 Å². The summed E-state index contributed by atoms with van der Waals surface area (Å²) in [4.78, 5) is 16.5. The molecule has 0 spiro atoms. The van der Waals surface area contributed by atoms with Crippen molar-refractivity contribution < 1.29 is 19.5 Å². The number of benzene rings is 2. The molecular weight excluding hydrogens is 294 g/mol. The van der Waals surface area contributed by atoms with Crippen LogP contribution < -0.4 is 5.90 Å². The molecule has 0 saturated heterocycles. The molecule has 0 unspecified atom stereocenters. The van der Waals surface area contributed by atoms with Crippen molar-refractivity contribution in [3.8, 4) is 16.9 Å². The van der Waals surface area contributed by atoms with Crippen LogP contribution in [-0.2, 0) is 14.4 Å². The topological polar surface area (TPSA) is 81.8 Å². The first kappa shape index (κ1) is 16.6. The molecule has 2 aromatic carbocycles. The highest BCUT2D eigenvalue weighted by Crippen LogP contribution is 2.26. The summed E-state index contributed by atoms with van der Waals surface area (Å²) >= 11 is 0. The lowest BCUT2D eigenvalue weighted by molar-refractivity contribution is -0.142. The molecule has 120 valence electrons. The maximum Gasteiger partial charge on any atom is 0.376 e. The van der Waals surface area contributed by atoms with Crippen molar-refractivity contribution >= 4 is 11.5 Å². The molecule has 0 atom stereocenters. The van der Waals surface area contributed by atoms with Crippen molar-refractivity contribution in [1.82, 2.24) is 0 Å². The lowest BCUT2D eigenvalue weighted by Gasteiger charge is -2.10. The molecule has 0 radical (unpaired) electrons. The fourth-order valence-corrected chi connectivity index (χ4v) is 2.22. The van der Waals surface area contributed by atoms with Crippen molar-refractivity contribution in [3.05, 3.63) is 59.9 Å². The molecule has 0 heterocycles. The number of nitrogens with two attached hydrogens (primary N) is 1. The zero-order chi connectivity index (χ0) is 16.8. The van der Waals surface area contributed by atoms with Crippen LogP contribution in [-0.4, -0.2) is 17.7 Å². The van der Waals surface area contributed by atoms with Gasteiger partial charge in [-0.2, -0.15) is 5.90 Å². The Balaban J connectivity index is 2.33. The summed E-state index contributed by atoms with van der Waals surface area (Å²) in [5.74, 6) is 4.80. The maximum absolute atomic E-state index is 11.8. The molecule has 0 aliphatic rings. The van der Waals surface area contributed by atoms with Gasteiger partial charge in [-0.3, -0.25) is 0 Å². The van der Waals surface area contributed by atoms with Gasteiger partial charge in [-0.05, 0) is 42.7 Å². The number of phenolic OH excluding ortho intramolecular Hbond substituents is 1. The van der Waals surface area contributed by atoms with Gasteiger partial charge < -0.3 is 14.7 Å². The summed E-state index contributed by atoms with van der Waals surface area (Å²) in [6.45, 7) is 3.70. The zero-order valence-corrected chi connectivity index (χ0v) is 13.1. The average molecular weight is 313 g/mol. The predicted molar refractivity (Wildman–Crippen MR) is 88.0 cm³/mol. The molecule has 0 fully saturated rings. The third-order valence-electron chi connectivity index (χ3n) is 3.42. The fourth-order valence-electron chi connectivity index (χ4n) is 2.22. The van der Waals surface area contributed by atoms with Crippen LogP contribution in [0.2, 0.25) is 0 Å². The largest absolute Gasteiger partial charge is 0.508 e. The van der Waals surface area contributed by atoms with Crippen molar-refractivity contribution in [1.29, 1.82) is 0 Å². The molecule has 5 nitrogen and oxygen atoms in total. The second-order valence-corrected chi connectivity index (χ2v) is 4.92. The zero-order valence-electron chi connectivity index (χ0n) is 13.1. The maximum atomic E-state index is 11.8. The van der Waals surface area contributed by atoms with Crippen LogP contribution in [0.15, 0.2) is 54.3 Å².